The first-order valence-corrected chi connectivity index (χ1v) is 12.6. The Balaban J connectivity index is 1.89. The summed E-state index contributed by atoms with van der Waals surface area (Å²) in [7, 11) is 1.34. The lowest BCUT2D eigenvalue weighted by Gasteiger charge is -2.18. The Morgan fingerprint density at radius 1 is 0.976 bits per heavy atom. The predicted octanol–water partition coefficient (Wildman–Crippen LogP) is 3.46. The van der Waals surface area contributed by atoms with Crippen LogP contribution in [-0.4, -0.2) is 55.0 Å². The number of halogens is 1. The van der Waals surface area contributed by atoms with Crippen molar-refractivity contribution in [2.75, 3.05) is 36.3 Å². The van der Waals surface area contributed by atoms with Crippen LogP contribution in [0.15, 0.2) is 54.6 Å². The number of ether oxygens (including phenoxy) is 3. The fraction of sp³-hybridized carbons (Fsp3) is 0.179. The first-order valence-electron chi connectivity index (χ1n) is 12.2. The summed E-state index contributed by atoms with van der Waals surface area (Å²) in [5.74, 6) is -2.83. The Morgan fingerprint density at radius 2 is 1.69 bits per heavy atom. The van der Waals surface area contributed by atoms with Gasteiger partial charge in [-0.15, -0.1) is 0 Å². The van der Waals surface area contributed by atoms with Crippen LogP contribution >= 0.6 is 11.6 Å². The number of nitrogens with one attached hydrogen (secondary N) is 4. The third-order valence-corrected chi connectivity index (χ3v) is 5.77. The van der Waals surface area contributed by atoms with E-state index in [0.717, 1.165) is 0 Å². The first-order chi connectivity index (χ1) is 20.0. The molecule has 3 rings (SSSR count). The molecule has 0 radical (unpaired) electrons. The minimum atomic E-state index is -1.22. The van der Waals surface area contributed by atoms with Gasteiger partial charge in [-0.1, -0.05) is 11.6 Å². The summed E-state index contributed by atoms with van der Waals surface area (Å²) >= 11 is 6.18. The maximum absolute atomic E-state index is 13.2. The highest BCUT2D eigenvalue weighted by molar-refractivity contribution is 6.31. The fourth-order valence-electron chi connectivity index (χ4n) is 3.66. The lowest BCUT2D eigenvalue weighted by molar-refractivity contribution is -0.145. The Labute approximate surface area is 245 Å². The second-order valence-electron chi connectivity index (χ2n) is 8.67. The number of nitrogens with two attached hydrogens (primary N) is 1. The molecule has 0 bridgehead atoms. The van der Waals surface area contributed by atoms with Crippen molar-refractivity contribution < 1.29 is 38.5 Å². The van der Waals surface area contributed by atoms with Crippen molar-refractivity contribution in [3.05, 3.63) is 76.3 Å². The van der Waals surface area contributed by atoms with Crippen molar-refractivity contribution >= 4 is 58.3 Å². The van der Waals surface area contributed by atoms with Gasteiger partial charge in [0.15, 0.2) is 24.7 Å². The summed E-state index contributed by atoms with van der Waals surface area (Å²) in [4.78, 5) is 47.7. The number of hydrogen-bond acceptors (Lipinski definition) is 9. The van der Waals surface area contributed by atoms with E-state index >= 15 is 0 Å². The number of benzene rings is 3. The molecule has 3 aromatic carbocycles. The SMILES string of the molecule is COc1cc(NC(=O)COC(C)=O)cc(CNc2ccc(Cl)cc2C(=O)Nc2ccc(C(=N)N)cc2)c1OCC(=O)O. The third kappa shape index (κ3) is 8.86. The summed E-state index contributed by atoms with van der Waals surface area (Å²) in [6, 6.07) is 14.0. The molecule has 0 fully saturated rings. The highest BCUT2D eigenvalue weighted by Crippen LogP contribution is 2.36. The van der Waals surface area contributed by atoms with Crippen LogP contribution in [0.3, 0.4) is 0 Å². The zero-order chi connectivity index (χ0) is 30.8. The summed E-state index contributed by atoms with van der Waals surface area (Å²) in [6.45, 7) is -0.0138. The Kier molecular flexibility index (Phi) is 10.7. The second kappa shape index (κ2) is 14.4. The average Bonchev–Trinajstić information content (AvgIpc) is 2.94. The van der Waals surface area contributed by atoms with Crippen LogP contribution in [0.25, 0.3) is 0 Å². The quantitative estimate of drug-likeness (QED) is 0.0962. The van der Waals surface area contributed by atoms with Gasteiger partial charge in [-0.2, -0.15) is 0 Å². The largest absolute Gasteiger partial charge is 0.493 e. The molecule has 0 saturated heterocycles. The standard InChI is InChI=1S/C28H28ClN5O8/c1-15(35)41-13-24(36)33-20-9-17(26(23(11-20)40-2)42-14-25(37)38)12-32-22-8-5-18(29)10-21(22)28(39)34-19-6-3-16(4-7-19)27(30)31/h3-11,32H,12-14H2,1-2H3,(H3,30,31)(H,33,36)(H,34,39)(H,37,38). The summed E-state index contributed by atoms with van der Waals surface area (Å²) in [6.07, 6.45) is 0. The molecule has 14 heteroatoms. The van der Waals surface area contributed by atoms with Gasteiger partial charge in [0.2, 0.25) is 0 Å². The molecular weight excluding hydrogens is 570 g/mol. The molecule has 0 aliphatic heterocycles. The van der Waals surface area contributed by atoms with E-state index in [0.29, 0.717) is 27.5 Å². The van der Waals surface area contributed by atoms with E-state index in [1.165, 1.54) is 32.2 Å². The van der Waals surface area contributed by atoms with Crippen molar-refractivity contribution in [1.29, 1.82) is 5.41 Å². The highest BCUT2D eigenvalue weighted by Gasteiger charge is 2.18. The van der Waals surface area contributed by atoms with E-state index in [1.54, 1.807) is 36.4 Å². The molecular formula is C28H28ClN5O8. The van der Waals surface area contributed by atoms with Gasteiger partial charge in [-0.05, 0) is 48.5 Å². The molecule has 0 atom stereocenters. The average molecular weight is 598 g/mol. The Bertz CT molecular complexity index is 1510. The van der Waals surface area contributed by atoms with Crippen molar-refractivity contribution in [1.82, 2.24) is 0 Å². The van der Waals surface area contributed by atoms with Gasteiger partial charge < -0.3 is 41.0 Å². The molecule has 7 N–H and O–H groups in total. The van der Waals surface area contributed by atoms with Gasteiger partial charge in [-0.25, -0.2) is 4.79 Å². The Hall–Kier alpha value is -5.30. The molecule has 42 heavy (non-hydrogen) atoms. The number of rotatable bonds is 13. The molecule has 2 amide bonds. The minimum Gasteiger partial charge on any atom is -0.493 e. The third-order valence-electron chi connectivity index (χ3n) is 5.53. The van der Waals surface area contributed by atoms with Crippen LogP contribution in [0.1, 0.15) is 28.4 Å². The second-order valence-corrected chi connectivity index (χ2v) is 9.10. The number of carboxylic acids is 1. The zero-order valence-corrected chi connectivity index (χ0v) is 23.3. The fourth-order valence-corrected chi connectivity index (χ4v) is 3.83. The van der Waals surface area contributed by atoms with Crippen molar-refractivity contribution in [2.24, 2.45) is 5.73 Å². The maximum Gasteiger partial charge on any atom is 0.341 e. The number of nitrogen functional groups attached to an aromatic ring is 1. The molecule has 3 aromatic rings. The number of methoxy groups -OCH3 is 1. The van der Waals surface area contributed by atoms with E-state index in [9.17, 15) is 19.2 Å². The van der Waals surface area contributed by atoms with E-state index in [2.05, 4.69) is 16.0 Å². The maximum atomic E-state index is 13.2. The molecule has 0 spiro atoms. The van der Waals surface area contributed by atoms with Crippen LogP contribution in [-0.2, 0) is 25.7 Å². The number of anilines is 3. The van der Waals surface area contributed by atoms with E-state index in [4.69, 9.17) is 42.1 Å². The number of hydrogen-bond donors (Lipinski definition) is 6. The monoisotopic (exact) mass is 597 g/mol. The molecule has 13 nitrogen and oxygen atoms in total. The minimum absolute atomic E-state index is 0.00576. The topological polar surface area (TPSA) is 202 Å². The normalized spacial score (nSPS) is 10.3. The number of aliphatic carboxylic acids is 1. The van der Waals surface area contributed by atoms with Gasteiger partial charge in [0.25, 0.3) is 11.8 Å². The molecule has 0 saturated carbocycles. The zero-order valence-electron chi connectivity index (χ0n) is 22.6. The van der Waals surface area contributed by atoms with Gasteiger partial charge in [0.1, 0.15) is 5.84 Å². The number of carbonyl (C=O) groups excluding carboxylic acids is 3. The molecule has 0 heterocycles. The lowest BCUT2D eigenvalue weighted by Crippen LogP contribution is -2.20. The summed E-state index contributed by atoms with van der Waals surface area (Å²) < 4.78 is 15.6. The van der Waals surface area contributed by atoms with E-state index < -0.39 is 37.0 Å². The first kappa shape index (κ1) is 31.2. The van der Waals surface area contributed by atoms with E-state index in [1.807, 2.05) is 0 Å². The smallest absolute Gasteiger partial charge is 0.341 e. The van der Waals surface area contributed by atoms with Crippen molar-refractivity contribution in [3.63, 3.8) is 0 Å². The van der Waals surface area contributed by atoms with Crippen LogP contribution < -0.4 is 31.2 Å². The summed E-state index contributed by atoms with van der Waals surface area (Å²) in [5.41, 5.74) is 7.65. The van der Waals surface area contributed by atoms with Gasteiger partial charge in [0, 0.05) is 52.7 Å². The summed E-state index contributed by atoms with van der Waals surface area (Å²) in [5, 5.41) is 25.4. The number of amides is 2. The van der Waals surface area contributed by atoms with Crippen molar-refractivity contribution in [2.45, 2.75) is 13.5 Å². The molecule has 0 unspecified atom stereocenters. The predicted molar refractivity (Wildman–Crippen MR) is 156 cm³/mol. The molecule has 0 aliphatic carbocycles. The number of esters is 1. The molecule has 220 valence electrons. The number of amidine groups is 1. The Morgan fingerprint density at radius 3 is 2.31 bits per heavy atom. The van der Waals surface area contributed by atoms with Gasteiger partial charge in [0.05, 0.1) is 12.7 Å². The lowest BCUT2D eigenvalue weighted by atomic mass is 10.1. The highest BCUT2D eigenvalue weighted by atomic mass is 35.5. The van der Waals surface area contributed by atoms with Crippen molar-refractivity contribution in [3.8, 4) is 11.5 Å². The molecule has 0 aliphatic rings. The number of carboxylic acid groups (broad SMARTS) is 1. The van der Waals surface area contributed by atoms with Crippen LogP contribution in [0.2, 0.25) is 5.02 Å². The van der Waals surface area contributed by atoms with Crippen LogP contribution in [0, 0.1) is 5.41 Å². The van der Waals surface area contributed by atoms with E-state index in [-0.39, 0.29) is 35.1 Å². The van der Waals surface area contributed by atoms with Crippen LogP contribution in [0.4, 0.5) is 17.1 Å². The van der Waals surface area contributed by atoms with Gasteiger partial charge >= 0.3 is 11.9 Å². The number of carbonyl (C=O) groups is 4. The molecule has 0 aromatic heterocycles. The van der Waals surface area contributed by atoms with Crippen LogP contribution in [0.5, 0.6) is 11.5 Å². The van der Waals surface area contributed by atoms with Gasteiger partial charge in [-0.3, -0.25) is 19.8 Å².